The van der Waals surface area contributed by atoms with Crippen molar-refractivity contribution in [1.82, 2.24) is 0 Å². The van der Waals surface area contributed by atoms with E-state index in [0.29, 0.717) is 0 Å². The maximum Gasteiger partial charge on any atom is 0.0602 e. The lowest BCUT2D eigenvalue weighted by atomic mass is 9.97. The lowest BCUT2D eigenvalue weighted by Gasteiger charge is -2.10. The second kappa shape index (κ2) is 6.03. The van der Waals surface area contributed by atoms with Gasteiger partial charge in [0.1, 0.15) is 0 Å². The fraction of sp³-hybridized carbons (Fsp3) is 0.545. The lowest BCUT2D eigenvalue weighted by Crippen LogP contribution is -1.98. The molecule has 0 saturated heterocycles. The molecule has 0 aromatic carbocycles. The molecule has 0 N–H and O–H groups in total. The first-order chi connectivity index (χ1) is 5.92. The molecule has 0 atom stereocenters. The van der Waals surface area contributed by atoms with Crippen LogP contribution in [0, 0.1) is 5.41 Å². The Bertz CT molecular complexity index is 209. The van der Waals surface area contributed by atoms with Crippen LogP contribution in [0.15, 0.2) is 29.4 Å². The molecule has 0 bridgehead atoms. The van der Waals surface area contributed by atoms with Crippen LogP contribution in [0.4, 0.5) is 0 Å². The van der Waals surface area contributed by atoms with Gasteiger partial charge in [0.05, 0.1) is 5.55 Å². The number of nitrogens with zero attached hydrogens (tertiary/aromatic N) is 1. The van der Waals surface area contributed by atoms with Crippen LogP contribution in [0.1, 0.15) is 27.7 Å². The van der Waals surface area contributed by atoms with E-state index in [1.54, 1.807) is 11.8 Å². The van der Waals surface area contributed by atoms with Gasteiger partial charge in [0, 0.05) is 11.4 Å². The summed E-state index contributed by atoms with van der Waals surface area (Å²) in [6.45, 7) is 12.1. The topological polar surface area (TPSA) is 12.4 Å². The Morgan fingerprint density at radius 3 is 2.54 bits per heavy atom. The van der Waals surface area contributed by atoms with Crippen molar-refractivity contribution in [2.75, 3.05) is 5.75 Å². The van der Waals surface area contributed by atoms with Crippen LogP contribution in [-0.2, 0) is 0 Å². The van der Waals surface area contributed by atoms with Crippen LogP contribution in [0.5, 0.6) is 0 Å². The molecule has 74 valence electrons. The lowest BCUT2D eigenvalue weighted by molar-refractivity contribution is 0.543. The van der Waals surface area contributed by atoms with E-state index in [-0.39, 0.29) is 5.41 Å². The van der Waals surface area contributed by atoms with Gasteiger partial charge in [-0.15, -0.1) is 11.8 Å². The van der Waals surface area contributed by atoms with E-state index < -0.39 is 0 Å². The average molecular weight is 197 g/mol. The Morgan fingerprint density at radius 1 is 1.46 bits per heavy atom. The predicted molar refractivity (Wildman–Crippen MR) is 64.4 cm³/mol. The molecule has 0 heterocycles. The van der Waals surface area contributed by atoms with Gasteiger partial charge >= 0.3 is 0 Å². The van der Waals surface area contributed by atoms with Gasteiger partial charge in [0.15, 0.2) is 0 Å². The van der Waals surface area contributed by atoms with Crippen LogP contribution in [0.25, 0.3) is 0 Å². The highest BCUT2D eigenvalue weighted by molar-refractivity contribution is 8.12. The van der Waals surface area contributed by atoms with E-state index in [4.69, 9.17) is 0 Å². The second-order valence-electron chi connectivity index (χ2n) is 4.07. The molecule has 0 fully saturated rings. The van der Waals surface area contributed by atoms with Crippen molar-refractivity contribution in [1.29, 1.82) is 0 Å². The molecule has 2 heteroatoms. The largest absolute Gasteiger partial charge is 0.255 e. The van der Waals surface area contributed by atoms with Crippen LogP contribution in [-0.4, -0.2) is 11.3 Å². The Morgan fingerprint density at radius 2 is 2.08 bits per heavy atom. The van der Waals surface area contributed by atoms with E-state index >= 15 is 0 Å². The highest BCUT2D eigenvalue weighted by Crippen LogP contribution is 2.14. The summed E-state index contributed by atoms with van der Waals surface area (Å²) in [7, 11) is 0. The highest BCUT2D eigenvalue weighted by atomic mass is 32.2. The second-order valence-corrected chi connectivity index (χ2v) is 4.95. The minimum absolute atomic E-state index is 0.284. The van der Waals surface area contributed by atoms with Crippen molar-refractivity contribution < 1.29 is 0 Å². The molecule has 0 spiro atoms. The van der Waals surface area contributed by atoms with Gasteiger partial charge in [-0.25, -0.2) is 0 Å². The summed E-state index contributed by atoms with van der Waals surface area (Å²) in [6, 6.07) is 0. The van der Waals surface area contributed by atoms with E-state index in [1.165, 1.54) is 0 Å². The van der Waals surface area contributed by atoms with Gasteiger partial charge < -0.3 is 0 Å². The summed E-state index contributed by atoms with van der Waals surface area (Å²) in [5.74, 6) is 0.980. The summed E-state index contributed by atoms with van der Waals surface area (Å²) in [6.07, 6.45) is 4.39. The Hall–Kier alpha value is -0.500. The Balaban J connectivity index is 3.57. The summed E-state index contributed by atoms with van der Waals surface area (Å²) in [4.78, 5) is 4.07. The van der Waals surface area contributed by atoms with Gasteiger partial charge in [-0.2, -0.15) is 0 Å². The third-order valence-corrected chi connectivity index (χ3v) is 1.80. The summed E-state index contributed by atoms with van der Waals surface area (Å²) < 4.78 is 0. The molecule has 0 rings (SSSR count). The fourth-order valence-corrected chi connectivity index (χ4v) is 1.18. The molecular formula is C11H19NS. The van der Waals surface area contributed by atoms with Crippen molar-refractivity contribution in [3.8, 4) is 0 Å². The van der Waals surface area contributed by atoms with Gasteiger partial charge in [-0.3, -0.25) is 4.99 Å². The molecule has 0 aromatic rings. The number of rotatable bonds is 4. The number of thioether (sulfide) groups is 1. The SMILES string of the molecule is C=C(C)/N=C\SC/C=C\C(C)(C)C. The average Bonchev–Trinajstić information content (AvgIpc) is 1.93. The quantitative estimate of drug-likeness (QED) is 0.288. The van der Waals surface area contributed by atoms with Crippen molar-refractivity contribution >= 4 is 17.3 Å². The number of hydrogen-bond acceptors (Lipinski definition) is 2. The molecule has 1 nitrogen and oxygen atoms in total. The van der Waals surface area contributed by atoms with Crippen molar-refractivity contribution in [3.05, 3.63) is 24.4 Å². The predicted octanol–water partition coefficient (Wildman–Crippen LogP) is 3.88. The van der Waals surface area contributed by atoms with Gasteiger partial charge in [0.2, 0.25) is 0 Å². The Labute approximate surface area is 86.0 Å². The number of allylic oxidation sites excluding steroid dienone is 2. The molecular weight excluding hydrogens is 178 g/mol. The van der Waals surface area contributed by atoms with Crippen molar-refractivity contribution in [2.24, 2.45) is 10.4 Å². The van der Waals surface area contributed by atoms with Crippen LogP contribution in [0.2, 0.25) is 0 Å². The van der Waals surface area contributed by atoms with E-state index in [0.717, 1.165) is 11.4 Å². The standard InChI is InChI=1S/C11H19NS/c1-10(2)12-9-13-8-6-7-11(3,4)5/h6-7,9H,1,8H2,2-5H3/b7-6-,12-9-. The van der Waals surface area contributed by atoms with Crippen molar-refractivity contribution in [3.63, 3.8) is 0 Å². The van der Waals surface area contributed by atoms with Crippen molar-refractivity contribution in [2.45, 2.75) is 27.7 Å². The highest BCUT2D eigenvalue weighted by Gasteiger charge is 2.02. The zero-order valence-corrected chi connectivity index (χ0v) is 9.82. The zero-order valence-electron chi connectivity index (χ0n) is 9.00. The maximum atomic E-state index is 4.07. The molecule has 0 aromatic heterocycles. The number of aliphatic imine (C=N–C) groups is 1. The smallest absolute Gasteiger partial charge is 0.0602 e. The summed E-state index contributed by atoms with van der Waals surface area (Å²) in [5.41, 5.74) is 2.98. The molecule has 0 radical (unpaired) electrons. The van der Waals surface area contributed by atoms with E-state index in [9.17, 15) is 0 Å². The van der Waals surface area contributed by atoms with Gasteiger partial charge in [-0.1, -0.05) is 39.5 Å². The van der Waals surface area contributed by atoms with Crippen LogP contribution < -0.4 is 0 Å². The molecule has 0 saturated carbocycles. The molecule has 0 unspecified atom stereocenters. The van der Waals surface area contributed by atoms with E-state index in [1.807, 2.05) is 12.5 Å². The monoisotopic (exact) mass is 197 g/mol. The van der Waals surface area contributed by atoms with Crippen LogP contribution >= 0.6 is 11.8 Å². The first-order valence-corrected chi connectivity index (χ1v) is 5.44. The summed E-state index contributed by atoms with van der Waals surface area (Å²) >= 11 is 1.68. The maximum absolute atomic E-state index is 4.07. The van der Waals surface area contributed by atoms with E-state index in [2.05, 4.69) is 44.5 Å². The summed E-state index contributed by atoms with van der Waals surface area (Å²) in [5, 5.41) is 0. The normalized spacial score (nSPS) is 12.9. The Kier molecular flexibility index (Phi) is 5.80. The zero-order chi connectivity index (χ0) is 10.3. The molecule has 0 aliphatic rings. The molecule has 0 aliphatic carbocycles. The first kappa shape index (κ1) is 12.5. The third-order valence-electron chi connectivity index (χ3n) is 1.16. The minimum Gasteiger partial charge on any atom is -0.255 e. The van der Waals surface area contributed by atoms with Gasteiger partial charge in [0.25, 0.3) is 0 Å². The molecule has 0 aliphatic heterocycles. The minimum atomic E-state index is 0.284. The first-order valence-electron chi connectivity index (χ1n) is 4.39. The van der Waals surface area contributed by atoms with Crippen LogP contribution in [0.3, 0.4) is 0 Å². The third kappa shape index (κ3) is 11.5. The number of hydrogen-bond donors (Lipinski definition) is 0. The fourth-order valence-electron chi connectivity index (χ4n) is 0.627. The molecule has 13 heavy (non-hydrogen) atoms. The molecule has 0 amide bonds. The van der Waals surface area contributed by atoms with Gasteiger partial charge in [-0.05, 0) is 12.3 Å².